The summed E-state index contributed by atoms with van der Waals surface area (Å²) in [6.07, 6.45) is 4.68. The lowest BCUT2D eigenvalue weighted by molar-refractivity contribution is -0.147. The molecule has 3 aliphatic rings. The first-order valence-corrected chi connectivity index (χ1v) is 11.9. The van der Waals surface area contributed by atoms with Crippen LogP contribution in [-0.2, 0) is 21.5 Å². The maximum Gasteiger partial charge on any atom is 0.309 e. The highest BCUT2D eigenvalue weighted by molar-refractivity contribution is 5.84. The zero-order chi connectivity index (χ0) is 22.6. The zero-order valence-corrected chi connectivity index (χ0v) is 18.6. The Morgan fingerprint density at radius 2 is 1.88 bits per heavy atom. The first kappa shape index (κ1) is 20.9. The number of fused-ring (bicyclic) bond motifs is 1. The molecule has 1 saturated carbocycles. The van der Waals surface area contributed by atoms with Crippen molar-refractivity contribution >= 4 is 16.9 Å². The van der Waals surface area contributed by atoms with Gasteiger partial charge in [-0.1, -0.05) is 18.2 Å². The first-order chi connectivity index (χ1) is 16.0. The molecule has 0 spiro atoms. The van der Waals surface area contributed by atoms with Gasteiger partial charge in [0.05, 0.1) is 11.5 Å². The lowest BCUT2D eigenvalue weighted by Crippen LogP contribution is -2.49. The fourth-order valence-electron chi connectivity index (χ4n) is 5.76. The van der Waals surface area contributed by atoms with Crippen LogP contribution in [0.4, 0.5) is 4.39 Å². The molecular weight excluding hydrogens is 421 g/mol. The van der Waals surface area contributed by atoms with Gasteiger partial charge in [-0.2, -0.15) is 0 Å². The molecule has 3 heterocycles. The number of carboxylic acid groups (broad SMARTS) is 1. The topological polar surface area (TPSA) is 62.9 Å². The number of hydrogen-bond acceptors (Lipinski definition) is 4. The summed E-state index contributed by atoms with van der Waals surface area (Å²) in [4.78, 5) is 13.0. The molecule has 2 aromatic carbocycles. The van der Waals surface area contributed by atoms with Gasteiger partial charge >= 0.3 is 5.97 Å². The van der Waals surface area contributed by atoms with E-state index in [0.29, 0.717) is 36.9 Å². The minimum Gasteiger partial charge on any atom is -0.481 e. The molecule has 172 valence electrons. The summed E-state index contributed by atoms with van der Waals surface area (Å²) in [6.45, 7) is 3.29. The highest BCUT2D eigenvalue weighted by atomic mass is 19.1. The number of furan rings is 1. The van der Waals surface area contributed by atoms with Gasteiger partial charge < -0.3 is 14.3 Å². The van der Waals surface area contributed by atoms with Crippen molar-refractivity contribution in [2.45, 2.75) is 37.6 Å². The predicted molar refractivity (Wildman–Crippen MR) is 122 cm³/mol. The van der Waals surface area contributed by atoms with Gasteiger partial charge in [0.1, 0.15) is 17.2 Å². The molecule has 1 N–H and O–H groups in total. The van der Waals surface area contributed by atoms with E-state index in [-0.39, 0.29) is 17.2 Å². The minimum absolute atomic E-state index is 0.258. The van der Waals surface area contributed by atoms with Crippen molar-refractivity contribution in [1.82, 2.24) is 4.90 Å². The molecule has 0 unspecified atom stereocenters. The molecule has 2 aliphatic heterocycles. The molecule has 6 rings (SSSR count). The molecular formula is C27H28FNO4. The Morgan fingerprint density at radius 1 is 1.09 bits per heavy atom. The quantitative estimate of drug-likeness (QED) is 0.560. The van der Waals surface area contributed by atoms with E-state index in [2.05, 4.69) is 18.2 Å². The Labute approximate surface area is 192 Å². The van der Waals surface area contributed by atoms with Crippen molar-refractivity contribution in [1.29, 1.82) is 0 Å². The van der Waals surface area contributed by atoms with Crippen LogP contribution >= 0.6 is 0 Å². The van der Waals surface area contributed by atoms with E-state index in [9.17, 15) is 9.18 Å². The smallest absolute Gasteiger partial charge is 0.309 e. The Kier molecular flexibility index (Phi) is 5.03. The maximum atomic E-state index is 15.0. The van der Waals surface area contributed by atoms with Crippen molar-refractivity contribution in [3.8, 4) is 11.3 Å². The molecule has 2 saturated heterocycles. The Hall–Kier alpha value is -2.70. The predicted octanol–water partition coefficient (Wildman–Crippen LogP) is 5.21. The van der Waals surface area contributed by atoms with Crippen LogP contribution in [0.2, 0.25) is 0 Å². The van der Waals surface area contributed by atoms with Crippen molar-refractivity contribution in [2.75, 3.05) is 26.3 Å². The van der Waals surface area contributed by atoms with Gasteiger partial charge in [0.2, 0.25) is 0 Å². The third-order valence-electron chi connectivity index (χ3n) is 7.90. The lowest BCUT2D eigenvalue weighted by atomic mass is 9.78. The molecule has 6 heteroatoms. The number of hydrogen-bond donors (Lipinski definition) is 1. The molecule has 3 aromatic rings. The van der Waals surface area contributed by atoms with Gasteiger partial charge in [-0.3, -0.25) is 9.69 Å². The summed E-state index contributed by atoms with van der Waals surface area (Å²) in [6, 6.07) is 13.6. The number of likely N-dealkylation sites (tertiary alicyclic amines) is 1. The van der Waals surface area contributed by atoms with Crippen LogP contribution in [0, 0.1) is 17.7 Å². The van der Waals surface area contributed by atoms with Gasteiger partial charge in [0, 0.05) is 38.2 Å². The van der Waals surface area contributed by atoms with Crippen LogP contribution in [0.15, 0.2) is 46.9 Å². The van der Waals surface area contributed by atoms with Crippen LogP contribution in [0.3, 0.4) is 0 Å². The third-order valence-corrected chi connectivity index (χ3v) is 7.90. The number of benzene rings is 2. The molecule has 1 aromatic heterocycles. The maximum absolute atomic E-state index is 15.0. The van der Waals surface area contributed by atoms with Crippen molar-refractivity contribution in [3.63, 3.8) is 0 Å². The van der Waals surface area contributed by atoms with Gasteiger partial charge in [0.15, 0.2) is 0 Å². The SMILES string of the molecule is O=C(O)C1CN(Cc2ccc(-c3cc4ccc(C5(C6CCOCC6)CC5)cc4o3)c(F)c2)C1. The molecule has 3 fully saturated rings. The summed E-state index contributed by atoms with van der Waals surface area (Å²) in [5.74, 6) is -0.183. The summed E-state index contributed by atoms with van der Waals surface area (Å²) in [5.41, 5.74) is 3.70. The zero-order valence-electron chi connectivity index (χ0n) is 18.6. The number of rotatable bonds is 6. The summed E-state index contributed by atoms with van der Waals surface area (Å²) in [7, 11) is 0. The highest BCUT2D eigenvalue weighted by Gasteiger charge is 2.50. The Bertz CT molecular complexity index is 1200. The standard InChI is InChI=1S/C27H28FNO4/c28-23-11-17(14-29-15-19(16-29)26(30)31)1-4-22(23)25-12-18-2-3-21(13-24(18)33-25)27(7-8-27)20-5-9-32-10-6-20/h1-4,11-13,19-20H,5-10,14-16H2,(H,30,31). The number of halogens is 1. The van der Waals surface area contributed by atoms with Crippen LogP contribution in [0.25, 0.3) is 22.3 Å². The van der Waals surface area contributed by atoms with Gasteiger partial charge in [-0.25, -0.2) is 4.39 Å². The molecule has 0 bridgehead atoms. The summed E-state index contributed by atoms with van der Waals surface area (Å²) in [5, 5.41) is 10.00. The van der Waals surface area contributed by atoms with Crippen LogP contribution in [0.1, 0.15) is 36.8 Å². The van der Waals surface area contributed by atoms with Crippen molar-refractivity contribution < 1.29 is 23.4 Å². The molecule has 1 aliphatic carbocycles. The second-order valence-corrected chi connectivity index (χ2v) is 9.95. The number of carbonyl (C=O) groups is 1. The van der Waals surface area contributed by atoms with E-state index in [1.165, 1.54) is 24.5 Å². The van der Waals surface area contributed by atoms with E-state index in [0.717, 1.165) is 42.6 Å². The fourth-order valence-corrected chi connectivity index (χ4v) is 5.76. The van der Waals surface area contributed by atoms with E-state index in [4.69, 9.17) is 14.3 Å². The first-order valence-electron chi connectivity index (χ1n) is 11.9. The van der Waals surface area contributed by atoms with Gasteiger partial charge in [0.25, 0.3) is 0 Å². The second kappa shape index (κ2) is 7.96. The van der Waals surface area contributed by atoms with E-state index < -0.39 is 5.97 Å². The van der Waals surface area contributed by atoms with Crippen LogP contribution in [0.5, 0.6) is 0 Å². The van der Waals surface area contributed by atoms with Gasteiger partial charge in [-0.15, -0.1) is 0 Å². The average molecular weight is 450 g/mol. The van der Waals surface area contributed by atoms with Crippen LogP contribution < -0.4 is 0 Å². The fraction of sp³-hybridized carbons (Fsp3) is 0.444. The highest BCUT2D eigenvalue weighted by Crippen LogP contribution is 2.57. The van der Waals surface area contributed by atoms with Crippen LogP contribution in [-0.4, -0.2) is 42.3 Å². The van der Waals surface area contributed by atoms with Crippen molar-refractivity contribution in [3.05, 3.63) is 59.4 Å². The minimum atomic E-state index is -0.763. The molecule has 0 atom stereocenters. The molecule has 33 heavy (non-hydrogen) atoms. The number of aliphatic carboxylic acids is 1. The van der Waals surface area contributed by atoms with Gasteiger partial charge in [-0.05, 0) is 72.4 Å². The van der Waals surface area contributed by atoms with E-state index >= 15 is 0 Å². The summed E-state index contributed by atoms with van der Waals surface area (Å²) < 4.78 is 26.7. The third kappa shape index (κ3) is 3.75. The number of nitrogens with zero attached hydrogens (tertiary/aromatic N) is 1. The number of ether oxygens (including phenoxy) is 1. The average Bonchev–Trinajstić information content (AvgIpc) is 3.49. The Balaban J connectivity index is 1.22. The largest absolute Gasteiger partial charge is 0.481 e. The Morgan fingerprint density at radius 3 is 2.58 bits per heavy atom. The van der Waals surface area contributed by atoms with E-state index in [1.807, 2.05) is 17.0 Å². The second-order valence-electron chi connectivity index (χ2n) is 9.95. The normalized spacial score (nSPS) is 21.2. The number of carboxylic acids is 1. The van der Waals surface area contributed by atoms with Crippen molar-refractivity contribution in [2.24, 2.45) is 11.8 Å². The monoisotopic (exact) mass is 449 g/mol. The van der Waals surface area contributed by atoms with E-state index in [1.54, 1.807) is 6.07 Å². The molecule has 0 amide bonds. The summed E-state index contributed by atoms with van der Waals surface area (Å²) >= 11 is 0. The molecule has 0 radical (unpaired) electrons. The molecule has 5 nitrogen and oxygen atoms in total. The lowest BCUT2D eigenvalue weighted by Gasteiger charge is -2.36.